The molecular formula is C13H18N2O2. The highest BCUT2D eigenvalue weighted by molar-refractivity contribution is 5.76. The fourth-order valence-electron chi connectivity index (χ4n) is 2.03. The molecule has 1 heterocycles. The zero-order valence-corrected chi connectivity index (χ0v) is 10.5. The molecule has 1 aliphatic carbocycles. The molecule has 1 atom stereocenters. The lowest BCUT2D eigenvalue weighted by Gasteiger charge is -2.16. The maximum Gasteiger partial charge on any atom is 0.311 e. The fraction of sp³-hybridized carbons (Fsp3) is 0.615. The second-order valence-electron chi connectivity index (χ2n) is 5.46. The summed E-state index contributed by atoms with van der Waals surface area (Å²) in [4.78, 5) is 19.8. The number of carbonyl (C=O) groups is 1. The Morgan fingerprint density at radius 3 is 2.24 bits per heavy atom. The van der Waals surface area contributed by atoms with Crippen LogP contribution in [0.5, 0.6) is 0 Å². The van der Waals surface area contributed by atoms with Crippen molar-refractivity contribution in [1.29, 1.82) is 0 Å². The Morgan fingerprint density at radius 2 is 1.88 bits per heavy atom. The summed E-state index contributed by atoms with van der Waals surface area (Å²) in [7, 11) is 0. The molecule has 2 rings (SSSR count). The van der Waals surface area contributed by atoms with E-state index in [-0.39, 0.29) is 11.3 Å². The van der Waals surface area contributed by atoms with E-state index in [1.807, 2.05) is 13.8 Å². The minimum Gasteiger partial charge on any atom is -0.481 e. The molecule has 0 spiro atoms. The van der Waals surface area contributed by atoms with Crippen LogP contribution in [0.2, 0.25) is 0 Å². The molecule has 0 saturated heterocycles. The van der Waals surface area contributed by atoms with Crippen LogP contribution in [0.4, 0.5) is 0 Å². The number of aromatic nitrogens is 2. The van der Waals surface area contributed by atoms with Crippen molar-refractivity contribution in [3.05, 3.63) is 23.8 Å². The molecule has 1 fully saturated rings. The van der Waals surface area contributed by atoms with Gasteiger partial charge in [0.05, 0.1) is 5.92 Å². The minimum atomic E-state index is -0.811. The van der Waals surface area contributed by atoms with Gasteiger partial charge in [-0.05, 0) is 18.8 Å². The third-order valence-corrected chi connectivity index (χ3v) is 3.50. The van der Waals surface area contributed by atoms with Gasteiger partial charge in [0.25, 0.3) is 0 Å². The van der Waals surface area contributed by atoms with E-state index in [0.29, 0.717) is 5.56 Å². The quantitative estimate of drug-likeness (QED) is 0.868. The zero-order valence-electron chi connectivity index (χ0n) is 10.5. The molecule has 17 heavy (non-hydrogen) atoms. The first-order valence-corrected chi connectivity index (χ1v) is 5.99. The molecule has 0 aromatic carbocycles. The third kappa shape index (κ3) is 2.30. The molecule has 0 radical (unpaired) electrons. The van der Waals surface area contributed by atoms with Crippen LogP contribution in [0.25, 0.3) is 0 Å². The Kier molecular flexibility index (Phi) is 2.89. The van der Waals surface area contributed by atoms with Crippen molar-refractivity contribution >= 4 is 5.97 Å². The molecule has 1 saturated carbocycles. The van der Waals surface area contributed by atoms with Crippen molar-refractivity contribution in [3.8, 4) is 0 Å². The van der Waals surface area contributed by atoms with E-state index in [4.69, 9.17) is 0 Å². The van der Waals surface area contributed by atoms with E-state index in [1.165, 1.54) is 0 Å². The van der Waals surface area contributed by atoms with Gasteiger partial charge in [-0.25, -0.2) is 9.97 Å². The molecule has 0 amide bonds. The summed E-state index contributed by atoms with van der Waals surface area (Å²) < 4.78 is 0. The zero-order chi connectivity index (χ0) is 12.6. The van der Waals surface area contributed by atoms with E-state index in [2.05, 4.69) is 16.9 Å². The molecule has 1 aliphatic rings. The van der Waals surface area contributed by atoms with Gasteiger partial charge in [0.2, 0.25) is 0 Å². The minimum absolute atomic E-state index is 0.0402. The first-order chi connectivity index (χ1) is 7.94. The highest BCUT2D eigenvalue weighted by atomic mass is 16.4. The summed E-state index contributed by atoms with van der Waals surface area (Å²) in [6.45, 7) is 5.93. The standard InChI is InChI=1S/C13H18N2O2/c1-8(2)10(11(16)17)9-6-14-12(15-7-9)13(3)4-5-13/h6-8,10H,4-5H2,1-3H3,(H,16,17). The van der Waals surface area contributed by atoms with E-state index in [0.717, 1.165) is 18.7 Å². The Labute approximate surface area is 101 Å². The van der Waals surface area contributed by atoms with Gasteiger partial charge >= 0.3 is 5.97 Å². The van der Waals surface area contributed by atoms with Gasteiger partial charge in [-0.2, -0.15) is 0 Å². The Morgan fingerprint density at radius 1 is 1.35 bits per heavy atom. The summed E-state index contributed by atoms with van der Waals surface area (Å²) >= 11 is 0. The number of rotatable bonds is 4. The lowest BCUT2D eigenvalue weighted by molar-refractivity contribution is -0.139. The predicted octanol–water partition coefficient (Wildman–Crippen LogP) is 2.35. The first-order valence-electron chi connectivity index (χ1n) is 5.99. The summed E-state index contributed by atoms with van der Waals surface area (Å²) in [6, 6.07) is 0. The largest absolute Gasteiger partial charge is 0.481 e. The molecule has 92 valence electrons. The van der Waals surface area contributed by atoms with E-state index in [1.54, 1.807) is 12.4 Å². The van der Waals surface area contributed by atoms with Crippen molar-refractivity contribution in [2.75, 3.05) is 0 Å². The fourth-order valence-corrected chi connectivity index (χ4v) is 2.03. The van der Waals surface area contributed by atoms with E-state index < -0.39 is 11.9 Å². The molecule has 1 unspecified atom stereocenters. The van der Waals surface area contributed by atoms with Gasteiger partial charge in [0, 0.05) is 23.4 Å². The van der Waals surface area contributed by atoms with E-state index >= 15 is 0 Å². The van der Waals surface area contributed by atoms with Gasteiger partial charge in [0.15, 0.2) is 0 Å². The van der Waals surface area contributed by atoms with Crippen LogP contribution in [0.15, 0.2) is 12.4 Å². The highest BCUT2D eigenvalue weighted by Gasteiger charge is 2.42. The number of nitrogens with zero attached hydrogens (tertiary/aromatic N) is 2. The maximum atomic E-state index is 11.2. The maximum absolute atomic E-state index is 11.2. The lowest BCUT2D eigenvalue weighted by Crippen LogP contribution is -2.18. The SMILES string of the molecule is CC(C)C(C(=O)O)c1cnc(C2(C)CC2)nc1. The van der Waals surface area contributed by atoms with Gasteiger partial charge < -0.3 is 5.11 Å². The molecule has 4 nitrogen and oxygen atoms in total. The van der Waals surface area contributed by atoms with Gasteiger partial charge in [-0.1, -0.05) is 20.8 Å². The Hall–Kier alpha value is -1.45. The van der Waals surface area contributed by atoms with Crippen molar-refractivity contribution in [2.24, 2.45) is 5.92 Å². The highest BCUT2D eigenvalue weighted by Crippen LogP contribution is 2.45. The van der Waals surface area contributed by atoms with Gasteiger partial charge in [-0.3, -0.25) is 4.79 Å². The number of carboxylic acids is 1. The van der Waals surface area contributed by atoms with Crippen LogP contribution >= 0.6 is 0 Å². The van der Waals surface area contributed by atoms with E-state index in [9.17, 15) is 9.90 Å². The third-order valence-electron chi connectivity index (χ3n) is 3.50. The van der Waals surface area contributed by atoms with Crippen LogP contribution < -0.4 is 0 Å². The summed E-state index contributed by atoms with van der Waals surface area (Å²) in [5.74, 6) is -0.447. The van der Waals surface area contributed by atoms with Crippen molar-refractivity contribution in [2.45, 2.75) is 44.9 Å². The molecule has 0 aliphatic heterocycles. The van der Waals surface area contributed by atoms with Crippen molar-refractivity contribution < 1.29 is 9.90 Å². The number of aliphatic carboxylic acids is 1. The molecule has 4 heteroatoms. The smallest absolute Gasteiger partial charge is 0.311 e. The second kappa shape index (κ2) is 4.09. The summed E-state index contributed by atoms with van der Waals surface area (Å²) in [5, 5.41) is 9.18. The average Bonchev–Trinajstić information content (AvgIpc) is 2.97. The molecule has 1 aromatic heterocycles. The van der Waals surface area contributed by atoms with Gasteiger partial charge in [-0.15, -0.1) is 0 Å². The topological polar surface area (TPSA) is 63.1 Å². The number of hydrogen-bond acceptors (Lipinski definition) is 3. The van der Waals surface area contributed by atoms with Crippen LogP contribution in [-0.2, 0) is 10.2 Å². The predicted molar refractivity (Wildman–Crippen MR) is 63.8 cm³/mol. The average molecular weight is 234 g/mol. The molecular weight excluding hydrogens is 216 g/mol. The van der Waals surface area contributed by atoms with Crippen molar-refractivity contribution in [3.63, 3.8) is 0 Å². The molecule has 1 aromatic rings. The molecule has 0 bridgehead atoms. The number of hydrogen-bond donors (Lipinski definition) is 1. The van der Waals surface area contributed by atoms with Crippen LogP contribution in [0, 0.1) is 5.92 Å². The Balaban J connectivity index is 2.24. The monoisotopic (exact) mass is 234 g/mol. The van der Waals surface area contributed by atoms with Crippen LogP contribution in [0.3, 0.4) is 0 Å². The van der Waals surface area contributed by atoms with Gasteiger partial charge in [0.1, 0.15) is 5.82 Å². The second-order valence-corrected chi connectivity index (χ2v) is 5.46. The first kappa shape index (κ1) is 12.0. The number of carboxylic acid groups (broad SMARTS) is 1. The normalized spacial score (nSPS) is 19.1. The van der Waals surface area contributed by atoms with Crippen LogP contribution in [-0.4, -0.2) is 21.0 Å². The van der Waals surface area contributed by atoms with Crippen molar-refractivity contribution in [1.82, 2.24) is 9.97 Å². The lowest BCUT2D eigenvalue weighted by atomic mass is 9.90. The van der Waals surface area contributed by atoms with Crippen LogP contribution in [0.1, 0.15) is 50.9 Å². The summed E-state index contributed by atoms with van der Waals surface area (Å²) in [5.41, 5.74) is 0.829. The molecule has 1 N–H and O–H groups in total. The summed E-state index contributed by atoms with van der Waals surface area (Å²) in [6.07, 6.45) is 5.59. The Bertz CT molecular complexity index is 422.